The summed E-state index contributed by atoms with van der Waals surface area (Å²) < 4.78 is 32.3. The van der Waals surface area contributed by atoms with E-state index in [0.29, 0.717) is 21.3 Å². The van der Waals surface area contributed by atoms with Gasteiger partial charge >= 0.3 is 0 Å². The van der Waals surface area contributed by atoms with Crippen LogP contribution in [0.1, 0.15) is 0 Å². The molecule has 8 heteroatoms. The Morgan fingerprint density at radius 3 is 2.17 bits per heavy atom. The molecule has 4 aromatic rings. The molecule has 0 aliphatic carbocycles. The molecule has 0 amide bonds. The number of rotatable bonds is 5. The van der Waals surface area contributed by atoms with Gasteiger partial charge in [-0.3, -0.25) is 0 Å². The minimum Gasteiger partial charge on any atom is -0.419 e. The average Bonchev–Trinajstić information content (AvgIpc) is 3.14. The molecule has 0 bridgehead atoms. The second-order valence-corrected chi connectivity index (χ2v) is 8.79. The fraction of sp³-hybridized carbons (Fsp3) is 0. The number of hydrogen-bond donors (Lipinski definition) is 1. The van der Waals surface area contributed by atoms with E-state index < -0.39 is 9.84 Å². The Balaban J connectivity index is 1.87. The van der Waals surface area contributed by atoms with Gasteiger partial charge in [0, 0.05) is 10.7 Å². The summed E-state index contributed by atoms with van der Waals surface area (Å²) in [6, 6.07) is 21.9. The summed E-state index contributed by atoms with van der Waals surface area (Å²) in [6.07, 6.45) is 0. The number of sulfone groups is 1. The molecule has 1 aromatic heterocycles. The lowest BCUT2D eigenvalue weighted by Gasteiger charge is -2.06. The quantitative estimate of drug-likeness (QED) is 0.395. The molecule has 1 heterocycles. The molecule has 4 rings (SSSR count). The number of nitrogens with zero attached hydrogens (tertiary/aromatic N) is 1. The maximum atomic E-state index is 13.2. The monoisotopic (exact) mass is 444 g/mol. The van der Waals surface area contributed by atoms with Gasteiger partial charge in [0.1, 0.15) is 0 Å². The van der Waals surface area contributed by atoms with Gasteiger partial charge in [-0.25, -0.2) is 8.42 Å². The minimum absolute atomic E-state index is 0.000990. The largest absolute Gasteiger partial charge is 0.419 e. The highest BCUT2D eigenvalue weighted by Crippen LogP contribution is 2.36. The van der Waals surface area contributed by atoms with Crippen molar-refractivity contribution in [3.8, 4) is 11.5 Å². The van der Waals surface area contributed by atoms with Crippen LogP contribution in [0.3, 0.4) is 0 Å². The van der Waals surface area contributed by atoms with E-state index in [9.17, 15) is 8.42 Å². The summed E-state index contributed by atoms with van der Waals surface area (Å²) >= 11 is 12.1. The fourth-order valence-corrected chi connectivity index (χ4v) is 4.30. The van der Waals surface area contributed by atoms with Gasteiger partial charge < -0.3 is 9.73 Å². The van der Waals surface area contributed by atoms with Crippen molar-refractivity contribution in [2.24, 2.45) is 0 Å². The highest BCUT2D eigenvalue weighted by Gasteiger charge is 2.29. The summed E-state index contributed by atoms with van der Waals surface area (Å²) in [5.74, 6) is 0.0997. The number of aromatic nitrogens is 1. The van der Waals surface area contributed by atoms with Gasteiger partial charge in [0.2, 0.25) is 26.6 Å². The topological polar surface area (TPSA) is 72.2 Å². The van der Waals surface area contributed by atoms with Gasteiger partial charge in [0.25, 0.3) is 0 Å². The summed E-state index contributed by atoms with van der Waals surface area (Å²) in [7, 11) is -3.98. The van der Waals surface area contributed by atoms with Crippen molar-refractivity contribution in [3.05, 3.63) is 88.9 Å². The highest BCUT2D eigenvalue weighted by molar-refractivity contribution is 7.91. The molecule has 1 N–H and O–H groups in total. The van der Waals surface area contributed by atoms with Crippen LogP contribution in [0.4, 0.5) is 11.6 Å². The average molecular weight is 445 g/mol. The molecule has 0 saturated heterocycles. The van der Waals surface area contributed by atoms with Crippen molar-refractivity contribution in [2.75, 3.05) is 5.32 Å². The van der Waals surface area contributed by atoms with Crippen LogP contribution in [0.2, 0.25) is 10.0 Å². The zero-order valence-corrected chi connectivity index (χ0v) is 17.2. The lowest BCUT2D eigenvalue weighted by Crippen LogP contribution is -2.05. The molecule has 0 atom stereocenters. The molecule has 0 spiro atoms. The third kappa shape index (κ3) is 4.00. The van der Waals surface area contributed by atoms with Crippen LogP contribution in [0.25, 0.3) is 11.5 Å². The van der Waals surface area contributed by atoms with E-state index in [4.69, 9.17) is 27.6 Å². The van der Waals surface area contributed by atoms with Crippen molar-refractivity contribution in [1.29, 1.82) is 0 Å². The van der Waals surface area contributed by atoms with Crippen molar-refractivity contribution in [3.63, 3.8) is 0 Å². The van der Waals surface area contributed by atoms with Crippen molar-refractivity contribution in [2.45, 2.75) is 9.92 Å². The number of halogens is 2. The Kier molecular flexibility index (Phi) is 5.32. The molecule has 0 fully saturated rings. The van der Waals surface area contributed by atoms with Crippen LogP contribution in [-0.4, -0.2) is 13.4 Å². The van der Waals surface area contributed by atoms with Crippen LogP contribution in [0.15, 0.2) is 93.2 Å². The second-order valence-electron chi connectivity index (χ2n) is 6.08. The predicted octanol–water partition coefficient (Wildman–Crippen LogP) is 6.22. The molecule has 0 radical (unpaired) electrons. The number of hydrogen-bond acceptors (Lipinski definition) is 5. The third-order valence-corrected chi connectivity index (χ3v) is 6.37. The summed E-state index contributed by atoms with van der Waals surface area (Å²) in [5.41, 5.74) is 1.14. The number of oxazole rings is 1. The normalized spacial score (nSPS) is 11.4. The van der Waals surface area contributed by atoms with E-state index in [-0.39, 0.29) is 21.7 Å². The molecular weight excluding hydrogens is 431 g/mol. The van der Waals surface area contributed by atoms with Gasteiger partial charge in [-0.2, -0.15) is 4.98 Å². The van der Waals surface area contributed by atoms with Gasteiger partial charge in [0.15, 0.2) is 0 Å². The second kappa shape index (κ2) is 7.91. The zero-order chi connectivity index (χ0) is 20.4. The molecule has 0 unspecified atom stereocenters. The Bertz CT molecular complexity index is 1250. The Morgan fingerprint density at radius 2 is 1.48 bits per heavy atom. The molecule has 29 heavy (non-hydrogen) atoms. The predicted molar refractivity (Wildman–Crippen MR) is 114 cm³/mol. The van der Waals surface area contributed by atoms with Gasteiger partial charge in [0.05, 0.1) is 15.5 Å². The summed E-state index contributed by atoms with van der Waals surface area (Å²) in [6.45, 7) is 0. The van der Waals surface area contributed by atoms with Crippen molar-refractivity contribution in [1.82, 2.24) is 4.98 Å². The molecule has 0 saturated carbocycles. The smallest absolute Gasteiger partial charge is 0.238 e. The van der Waals surface area contributed by atoms with Gasteiger partial charge in [-0.15, -0.1) is 0 Å². The highest BCUT2D eigenvalue weighted by atomic mass is 35.5. The third-order valence-electron chi connectivity index (χ3n) is 4.11. The molecule has 146 valence electrons. The number of benzene rings is 3. The van der Waals surface area contributed by atoms with Crippen LogP contribution >= 0.6 is 23.2 Å². The van der Waals surface area contributed by atoms with E-state index in [1.807, 2.05) is 18.2 Å². The maximum Gasteiger partial charge on any atom is 0.238 e. The zero-order valence-electron chi connectivity index (χ0n) is 14.8. The molecule has 0 aliphatic rings. The molecule has 3 aromatic carbocycles. The van der Waals surface area contributed by atoms with Gasteiger partial charge in [-0.1, -0.05) is 53.5 Å². The van der Waals surface area contributed by atoms with E-state index >= 15 is 0 Å². The summed E-state index contributed by atoms with van der Waals surface area (Å²) in [4.78, 5) is 4.33. The standard InChI is InChI=1S/C21H14Cl2N2O3S/c22-14-10-12-16(13-11-14)29(26,27)21-20(24-15-6-2-1-3-7-15)28-19(25-21)17-8-4-5-9-18(17)23/h1-13,24H. The number of anilines is 2. The number of para-hydroxylation sites is 1. The SMILES string of the molecule is O=S(=O)(c1ccc(Cl)cc1)c1nc(-c2ccccc2Cl)oc1Nc1ccccc1. The lowest BCUT2D eigenvalue weighted by atomic mass is 10.2. The van der Waals surface area contributed by atoms with E-state index in [1.165, 1.54) is 24.3 Å². The lowest BCUT2D eigenvalue weighted by molar-refractivity contribution is 0.582. The fourth-order valence-electron chi connectivity index (χ4n) is 2.70. The van der Waals surface area contributed by atoms with Crippen LogP contribution < -0.4 is 5.32 Å². The first-order chi connectivity index (χ1) is 13.9. The Hall–Kier alpha value is -2.80. The van der Waals surface area contributed by atoms with Crippen molar-refractivity contribution >= 4 is 44.6 Å². The van der Waals surface area contributed by atoms with Gasteiger partial charge in [-0.05, 0) is 48.5 Å². The van der Waals surface area contributed by atoms with Crippen molar-refractivity contribution < 1.29 is 12.8 Å². The maximum absolute atomic E-state index is 13.2. The van der Waals surface area contributed by atoms with E-state index in [0.717, 1.165) is 0 Å². The molecular formula is C21H14Cl2N2O3S. The Morgan fingerprint density at radius 1 is 0.828 bits per heavy atom. The van der Waals surface area contributed by atoms with Crippen LogP contribution in [0.5, 0.6) is 0 Å². The first-order valence-corrected chi connectivity index (χ1v) is 10.8. The first-order valence-electron chi connectivity index (χ1n) is 8.53. The minimum atomic E-state index is -3.98. The van der Waals surface area contributed by atoms with Crippen LogP contribution in [0, 0.1) is 0 Å². The first kappa shape index (κ1) is 19.5. The summed E-state index contributed by atoms with van der Waals surface area (Å²) in [5, 5.41) is 3.59. The van der Waals surface area contributed by atoms with Crippen LogP contribution in [-0.2, 0) is 9.84 Å². The molecule has 5 nitrogen and oxygen atoms in total. The van der Waals surface area contributed by atoms with E-state index in [2.05, 4.69) is 10.3 Å². The van der Waals surface area contributed by atoms with E-state index in [1.54, 1.807) is 36.4 Å². The number of nitrogens with one attached hydrogen (secondary N) is 1. The molecule has 0 aliphatic heterocycles. The Labute approximate surface area is 177 Å².